The van der Waals surface area contributed by atoms with Gasteiger partial charge in [-0.3, -0.25) is 4.79 Å². The highest BCUT2D eigenvalue weighted by atomic mass is 19.2. The Labute approximate surface area is 154 Å². The minimum absolute atomic E-state index is 0.278. The molecule has 1 N–H and O–H groups in total. The fraction of sp³-hybridized carbons (Fsp3) is 0.474. The summed E-state index contributed by atoms with van der Waals surface area (Å²) in [6, 6.07) is 1.94. The molecule has 1 aliphatic carbocycles. The zero-order valence-corrected chi connectivity index (χ0v) is 15.1. The van der Waals surface area contributed by atoms with Crippen LogP contribution in [0, 0.1) is 51.9 Å². The Balaban J connectivity index is 2.18. The average Bonchev–Trinajstić information content (AvgIpc) is 3.16. The molecule has 0 radical (unpaired) electrons. The number of hydrogen-bond donors (Lipinski definition) is 1. The fourth-order valence-electron chi connectivity index (χ4n) is 3.16. The number of allylic oxidation sites excluding steroid dienone is 2. The molecule has 2 rings (SSSR count). The summed E-state index contributed by atoms with van der Waals surface area (Å²) in [5.74, 6) is -8.23. The third-order valence-electron chi connectivity index (χ3n) is 4.94. The van der Waals surface area contributed by atoms with Crippen molar-refractivity contribution in [2.75, 3.05) is 6.61 Å². The second kappa shape index (κ2) is 7.69. The molecule has 4 nitrogen and oxygen atoms in total. The first-order valence-electron chi connectivity index (χ1n) is 8.27. The molecule has 27 heavy (non-hydrogen) atoms. The van der Waals surface area contributed by atoms with E-state index < -0.39 is 71.3 Å². The summed E-state index contributed by atoms with van der Waals surface area (Å²) in [4.78, 5) is 12.2. The molecule has 1 aliphatic rings. The van der Waals surface area contributed by atoms with Gasteiger partial charge in [-0.25, -0.2) is 17.6 Å². The lowest BCUT2D eigenvalue weighted by Gasteiger charge is -2.12. The molecule has 146 valence electrons. The van der Waals surface area contributed by atoms with E-state index in [1.807, 2.05) is 6.07 Å². The topological polar surface area (TPSA) is 70.3 Å². The van der Waals surface area contributed by atoms with Crippen LogP contribution in [0.4, 0.5) is 17.6 Å². The van der Waals surface area contributed by atoms with Crippen molar-refractivity contribution in [3.8, 4) is 6.07 Å². The lowest BCUT2D eigenvalue weighted by Crippen LogP contribution is -2.15. The smallest absolute Gasteiger partial charge is 0.310 e. The van der Waals surface area contributed by atoms with Gasteiger partial charge in [-0.1, -0.05) is 19.9 Å². The van der Waals surface area contributed by atoms with E-state index in [1.54, 1.807) is 26.8 Å². The van der Waals surface area contributed by atoms with Gasteiger partial charge in [0, 0.05) is 24.2 Å². The maximum atomic E-state index is 14.0. The van der Waals surface area contributed by atoms with Crippen molar-refractivity contribution in [1.29, 1.82) is 5.26 Å². The number of aliphatic hydroxyl groups is 1. The summed E-state index contributed by atoms with van der Waals surface area (Å²) in [6.45, 7) is 3.48. The number of esters is 1. The molecule has 0 heterocycles. The highest BCUT2D eigenvalue weighted by Gasteiger charge is 2.61. The van der Waals surface area contributed by atoms with E-state index >= 15 is 0 Å². The quantitative estimate of drug-likeness (QED) is 0.352. The first-order chi connectivity index (χ1) is 12.6. The molecule has 1 saturated carbocycles. The Morgan fingerprint density at radius 1 is 1.19 bits per heavy atom. The fourth-order valence-corrected chi connectivity index (χ4v) is 3.16. The van der Waals surface area contributed by atoms with E-state index in [0.717, 1.165) is 0 Å². The van der Waals surface area contributed by atoms with Crippen molar-refractivity contribution < 1.29 is 32.2 Å². The van der Waals surface area contributed by atoms with E-state index in [1.165, 1.54) is 0 Å². The maximum Gasteiger partial charge on any atom is 0.310 e. The van der Waals surface area contributed by atoms with E-state index in [-0.39, 0.29) is 5.92 Å². The molecule has 0 bridgehead atoms. The van der Waals surface area contributed by atoms with Gasteiger partial charge >= 0.3 is 5.97 Å². The molecule has 0 saturated heterocycles. The molecule has 0 amide bonds. The van der Waals surface area contributed by atoms with Gasteiger partial charge in [0.05, 0.1) is 17.6 Å². The zero-order valence-electron chi connectivity index (χ0n) is 15.1. The highest BCUT2D eigenvalue weighted by molar-refractivity contribution is 5.78. The van der Waals surface area contributed by atoms with Gasteiger partial charge < -0.3 is 9.84 Å². The summed E-state index contributed by atoms with van der Waals surface area (Å²) in [5.41, 5.74) is -2.01. The minimum Gasteiger partial charge on any atom is -0.460 e. The molecule has 8 heteroatoms. The molecule has 1 aromatic rings. The van der Waals surface area contributed by atoms with Crippen molar-refractivity contribution in [2.45, 2.75) is 33.8 Å². The second-order valence-electron chi connectivity index (χ2n) is 7.08. The third-order valence-corrected chi connectivity index (χ3v) is 4.94. The summed E-state index contributed by atoms with van der Waals surface area (Å²) in [7, 11) is 0. The van der Waals surface area contributed by atoms with Gasteiger partial charge in [0.15, 0.2) is 23.3 Å². The van der Waals surface area contributed by atoms with Gasteiger partial charge in [-0.05, 0) is 18.3 Å². The molecule has 0 unspecified atom stereocenters. The van der Waals surface area contributed by atoms with Gasteiger partial charge in [0.2, 0.25) is 0 Å². The molecule has 0 aliphatic heterocycles. The van der Waals surface area contributed by atoms with Gasteiger partial charge in [-0.15, -0.1) is 0 Å². The number of carbonyl (C=O) groups is 1. The van der Waals surface area contributed by atoms with Crippen molar-refractivity contribution in [3.63, 3.8) is 0 Å². The Hall–Kier alpha value is -2.40. The summed E-state index contributed by atoms with van der Waals surface area (Å²) in [5, 5.41) is 17.6. The summed E-state index contributed by atoms with van der Waals surface area (Å²) >= 11 is 0. The minimum atomic E-state index is -1.66. The summed E-state index contributed by atoms with van der Waals surface area (Å²) < 4.78 is 60.7. The predicted molar refractivity (Wildman–Crippen MR) is 87.0 cm³/mol. The Bertz CT molecular complexity index is 813. The molecule has 0 spiro atoms. The summed E-state index contributed by atoms with van der Waals surface area (Å²) in [6.07, 6.45) is 1.03. The Morgan fingerprint density at radius 2 is 1.70 bits per heavy atom. The van der Waals surface area contributed by atoms with Crippen LogP contribution in [0.5, 0.6) is 0 Å². The molecule has 2 atom stereocenters. The molecule has 1 fully saturated rings. The van der Waals surface area contributed by atoms with E-state index in [4.69, 9.17) is 15.1 Å². The Kier molecular flexibility index (Phi) is 5.95. The lowest BCUT2D eigenvalue weighted by atomic mass is 10.1. The van der Waals surface area contributed by atoms with Crippen LogP contribution < -0.4 is 0 Å². The highest BCUT2D eigenvalue weighted by Crippen LogP contribution is 2.59. The van der Waals surface area contributed by atoms with Crippen molar-refractivity contribution in [2.24, 2.45) is 17.3 Å². The molecular formula is C19H19F4NO3. The number of ether oxygens (including phenoxy) is 1. The number of nitriles is 1. The van der Waals surface area contributed by atoms with Crippen molar-refractivity contribution in [3.05, 3.63) is 46.0 Å². The molecule has 0 aromatic heterocycles. The number of hydrogen-bond acceptors (Lipinski definition) is 4. The van der Waals surface area contributed by atoms with E-state index in [9.17, 15) is 22.4 Å². The largest absolute Gasteiger partial charge is 0.460 e. The van der Waals surface area contributed by atoms with E-state index in [0.29, 0.717) is 5.57 Å². The number of nitrogens with zero attached hydrogens (tertiary/aromatic N) is 1. The number of halogens is 4. The average molecular weight is 385 g/mol. The predicted octanol–water partition coefficient (Wildman–Crippen LogP) is 3.56. The van der Waals surface area contributed by atoms with Crippen molar-refractivity contribution in [1.82, 2.24) is 0 Å². The van der Waals surface area contributed by atoms with Crippen LogP contribution in [-0.4, -0.2) is 17.7 Å². The van der Waals surface area contributed by atoms with Crippen LogP contribution in [0.25, 0.3) is 0 Å². The van der Waals surface area contributed by atoms with Crippen LogP contribution in [0.2, 0.25) is 0 Å². The van der Waals surface area contributed by atoms with Gasteiger partial charge in [0.25, 0.3) is 0 Å². The van der Waals surface area contributed by atoms with E-state index in [2.05, 4.69) is 0 Å². The second-order valence-corrected chi connectivity index (χ2v) is 7.08. The van der Waals surface area contributed by atoms with Crippen molar-refractivity contribution >= 4 is 5.97 Å². The van der Waals surface area contributed by atoms with Gasteiger partial charge in [0.1, 0.15) is 6.61 Å². The Morgan fingerprint density at radius 3 is 2.19 bits per heavy atom. The SMILES string of the molecule is C/C(C#N)=C\[C@@H]1[C@@H](C(=O)OCc2c(F)c(F)c(CCO)c(F)c2F)C1(C)C. The number of benzene rings is 1. The lowest BCUT2D eigenvalue weighted by molar-refractivity contribution is -0.147. The van der Waals surface area contributed by atoms with Crippen LogP contribution in [0.1, 0.15) is 31.9 Å². The van der Waals surface area contributed by atoms with Crippen LogP contribution in [-0.2, 0) is 22.6 Å². The maximum absolute atomic E-state index is 14.0. The number of carbonyl (C=O) groups excluding carboxylic acids is 1. The zero-order chi connectivity index (χ0) is 20.5. The number of aliphatic hydroxyl groups excluding tert-OH is 1. The van der Waals surface area contributed by atoms with Crippen LogP contribution in [0.15, 0.2) is 11.6 Å². The monoisotopic (exact) mass is 385 g/mol. The first kappa shape index (κ1) is 20.9. The normalized spacial score (nSPS) is 20.9. The standard InChI is InChI=1S/C19H19F4NO3/c1-9(7-24)6-12-13(19(12,2)3)18(26)27-8-11-16(22)14(20)10(4-5-25)15(21)17(11)23/h6,12-13,25H,4-5,8H2,1-3H3/b9-6+/t12-,13+/m1/s1. The van der Waals surface area contributed by atoms with Crippen LogP contribution in [0.3, 0.4) is 0 Å². The molecular weight excluding hydrogens is 366 g/mol. The third kappa shape index (κ3) is 3.83. The van der Waals surface area contributed by atoms with Gasteiger partial charge in [-0.2, -0.15) is 5.26 Å². The number of rotatable bonds is 6. The van der Waals surface area contributed by atoms with Crippen LogP contribution >= 0.6 is 0 Å². The first-order valence-corrected chi connectivity index (χ1v) is 8.27. The molecule has 1 aromatic carbocycles.